The highest BCUT2D eigenvalue weighted by Gasteiger charge is 2.13. The molecule has 1 aromatic rings. The first-order chi connectivity index (χ1) is 29.4. The first-order valence-electron chi connectivity index (χ1n) is 24.9. The molecule has 9 heteroatoms. The molecule has 0 aliphatic rings. The number of ether oxygens (including phenoxy) is 3. The molecule has 0 unspecified atom stereocenters. The number of para-hydroxylation sites is 1. The first-order valence-corrected chi connectivity index (χ1v) is 24.9. The highest BCUT2D eigenvalue weighted by atomic mass is 16.5. The Balaban J connectivity index is 2.43. The summed E-state index contributed by atoms with van der Waals surface area (Å²) in [5.74, 6) is 1.95. The van der Waals surface area contributed by atoms with E-state index in [4.69, 9.17) is 14.2 Å². The van der Waals surface area contributed by atoms with Gasteiger partial charge in [0.1, 0.15) is 5.75 Å². The second-order valence-corrected chi connectivity index (χ2v) is 17.1. The number of carbonyl (C=O) groups is 2. The summed E-state index contributed by atoms with van der Waals surface area (Å²) in [4.78, 5) is 31.9. The number of hydrogen-bond acceptors (Lipinski definition) is 8. The average molecular weight is 839 g/mol. The SMILES string of the molecule is CCCCCC(CCCCC)CCOC(=O)CCCCCCCN(CCCCCCCC(=O)OCCC(CCCC)CCCC)CCCN=C(NC#N)Oc1ccccc1. The average Bonchev–Trinajstić information content (AvgIpc) is 3.25. The summed E-state index contributed by atoms with van der Waals surface area (Å²) in [5, 5.41) is 11.8. The molecule has 0 bridgehead atoms. The third-order valence-corrected chi connectivity index (χ3v) is 11.7. The smallest absolute Gasteiger partial charge is 0.305 e. The zero-order valence-electron chi connectivity index (χ0n) is 39.2. The summed E-state index contributed by atoms with van der Waals surface area (Å²) in [6, 6.07) is 9.61. The van der Waals surface area contributed by atoms with Gasteiger partial charge < -0.3 is 19.1 Å². The van der Waals surface area contributed by atoms with Gasteiger partial charge in [0, 0.05) is 19.4 Å². The second kappa shape index (κ2) is 41.2. The van der Waals surface area contributed by atoms with Crippen molar-refractivity contribution in [2.45, 2.75) is 214 Å². The summed E-state index contributed by atoms with van der Waals surface area (Å²) in [5.41, 5.74) is 0. The number of nitrogens with zero attached hydrogens (tertiary/aromatic N) is 3. The molecule has 1 N–H and O–H groups in total. The van der Waals surface area contributed by atoms with Crippen LogP contribution in [0.1, 0.15) is 214 Å². The Hall–Kier alpha value is -3.12. The molecule has 0 saturated heterocycles. The van der Waals surface area contributed by atoms with Crippen LogP contribution in [0.15, 0.2) is 35.3 Å². The van der Waals surface area contributed by atoms with E-state index in [9.17, 15) is 14.9 Å². The molecule has 60 heavy (non-hydrogen) atoms. The minimum atomic E-state index is -0.0366. The molecular weight excluding hydrogens is 749 g/mol. The normalized spacial score (nSPS) is 11.7. The van der Waals surface area contributed by atoms with Crippen LogP contribution in [-0.4, -0.2) is 62.3 Å². The Bertz CT molecular complexity index is 1190. The Morgan fingerprint density at radius 3 is 1.52 bits per heavy atom. The van der Waals surface area contributed by atoms with Crippen LogP contribution in [0.3, 0.4) is 0 Å². The zero-order chi connectivity index (χ0) is 43.6. The number of nitrogens with one attached hydrogen (secondary N) is 1. The van der Waals surface area contributed by atoms with E-state index in [0.717, 1.165) is 103 Å². The number of nitriles is 1. The molecule has 0 radical (unpaired) electrons. The van der Waals surface area contributed by atoms with E-state index in [2.05, 4.69) is 42.9 Å². The van der Waals surface area contributed by atoms with Crippen LogP contribution in [-0.2, 0) is 19.1 Å². The Labute approximate surface area is 368 Å². The predicted molar refractivity (Wildman–Crippen MR) is 250 cm³/mol. The standard InChI is InChI=1S/C51H90N4O5/c1-5-9-20-31-47(32-21-10-6-2)38-44-59-50(57)36-25-16-14-18-27-41-55(42-28-39-53-51(54-45-52)60-48-33-22-19-23-34-48)40-26-17-13-15-24-35-49(56)58-43-37-46(29-11-7-3)30-12-8-4/h19,22-23,33-34,46-47H,5-18,20-21,24-32,35-44H2,1-4H3,(H,53,54). The lowest BCUT2D eigenvalue weighted by molar-refractivity contribution is -0.145. The highest BCUT2D eigenvalue weighted by Crippen LogP contribution is 2.22. The maximum atomic E-state index is 12.5. The topological polar surface area (TPSA) is 113 Å². The number of aliphatic imine (C=N–C) groups is 1. The molecule has 1 aromatic carbocycles. The van der Waals surface area contributed by atoms with E-state index in [0.29, 0.717) is 50.2 Å². The number of amidine groups is 1. The highest BCUT2D eigenvalue weighted by molar-refractivity contribution is 5.77. The summed E-state index contributed by atoms with van der Waals surface area (Å²) < 4.78 is 17.1. The molecule has 0 spiro atoms. The van der Waals surface area contributed by atoms with E-state index in [1.54, 1.807) is 0 Å². The van der Waals surface area contributed by atoms with Gasteiger partial charge in [-0.15, -0.1) is 0 Å². The molecule has 0 fully saturated rings. The van der Waals surface area contributed by atoms with Crippen LogP contribution in [0.5, 0.6) is 5.75 Å². The van der Waals surface area contributed by atoms with E-state index in [1.165, 1.54) is 89.9 Å². The molecule has 0 saturated carbocycles. The number of rotatable bonds is 41. The Morgan fingerprint density at radius 2 is 1.03 bits per heavy atom. The molecule has 0 heterocycles. The van der Waals surface area contributed by atoms with Gasteiger partial charge in [-0.1, -0.05) is 174 Å². The fourth-order valence-electron chi connectivity index (χ4n) is 7.87. The Kier molecular flexibility index (Phi) is 37.7. The molecule has 0 aliphatic heterocycles. The van der Waals surface area contributed by atoms with Crippen molar-refractivity contribution in [1.29, 1.82) is 5.26 Å². The van der Waals surface area contributed by atoms with Gasteiger partial charge in [0.15, 0.2) is 6.19 Å². The predicted octanol–water partition coefficient (Wildman–Crippen LogP) is 13.5. The number of unbranched alkanes of at least 4 members (excludes halogenated alkanes) is 14. The van der Waals surface area contributed by atoms with Gasteiger partial charge in [-0.25, -0.2) is 10.3 Å². The van der Waals surface area contributed by atoms with Crippen LogP contribution in [0.4, 0.5) is 0 Å². The van der Waals surface area contributed by atoms with Crippen LogP contribution in [0.25, 0.3) is 0 Å². The van der Waals surface area contributed by atoms with Gasteiger partial charge in [-0.05, 0) is 88.5 Å². The van der Waals surface area contributed by atoms with E-state index in [-0.39, 0.29) is 18.0 Å². The molecule has 0 aliphatic carbocycles. The zero-order valence-corrected chi connectivity index (χ0v) is 39.2. The third-order valence-electron chi connectivity index (χ3n) is 11.7. The van der Waals surface area contributed by atoms with Crippen molar-refractivity contribution < 1.29 is 23.8 Å². The van der Waals surface area contributed by atoms with Crippen LogP contribution >= 0.6 is 0 Å². The van der Waals surface area contributed by atoms with Gasteiger partial charge in [-0.3, -0.25) is 9.59 Å². The fraction of sp³-hybridized carbons (Fsp3) is 0.804. The van der Waals surface area contributed by atoms with Gasteiger partial charge in [0.25, 0.3) is 0 Å². The molecule has 0 aromatic heterocycles. The van der Waals surface area contributed by atoms with E-state index < -0.39 is 0 Å². The third kappa shape index (κ3) is 33.6. The fourth-order valence-corrected chi connectivity index (χ4v) is 7.87. The quantitative estimate of drug-likeness (QED) is 0.0173. The monoisotopic (exact) mass is 839 g/mol. The van der Waals surface area contributed by atoms with Gasteiger partial charge >= 0.3 is 18.0 Å². The number of carbonyl (C=O) groups excluding carboxylic acids is 2. The van der Waals surface area contributed by atoms with E-state index >= 15 is 0 Å². The lowest BCUT2D eigenvalue weighted by Gasteiger charge is -2.22. The van der Waals surface area contributed by atoms with Crippen molar-refractivity contribution in [2.24, 2.45) is 16.8 Å². The number of hydrogen-bond donors (Lipinski definition) is 1. The van der Waals surface area contributed by atoms with Crippen molar-refractivity contribution in [3.05, 3.63) is 30.3 Å². The molecule has 344 valence electrons. The molecule has 9 nitrogen and oxygen atoms in total. The largest absolute Gasteiger partial charge is 0.466 e. The van der Waals surface area contributed by atoms with Crippen molar-refractivity contribution in [2.75, 3.05) is 39.4 Å². The number of benzene rings is 1. The number of esters is 2. The minimum absolute atomic E-state index is 0.0315. The molecular formula is C51H90N4O5. The van der Waals surface area contributed by atoms with Crippen molar-refractivity contribution in [3.63, 3.8) is 0 Å². The maximum Gasteiger partial charge on any atom is 0.305 e. The lowest BCUT2D eigenvalue weighted by Crippen LogP contribution is -2.28. The van der Waals surface area contributed by atoms with Crippen molar-refractivity contribution >= 4 is 18.0 Å². The first kappa shape index (κ1) is 54.9. The van der Waals surface area contributed by atoms with Crippen LogP contribution in [0.2, 0.25) is 0 Å². The summed E-state index contributed by atoms with van der Waals surface area (Å²) in [7, 11) is 0. The molecule has 1 rings (SSSR count). The van der Waals surface area contributed by atoms with Crippen LogP contribution < -0.4 is 10.1 Å². The van der Waals surface area contributed by atoms with Crippen molar-refractivity contribution in [3.8, 4) is 11.9 Å². The van der Waals surface area contributed by atoms with Gasteiger partial charge in [0.2, 0.25) is 0 Å². The van der Waals surface area contributed by atoms with Crippen LogP contribution in [0, 0.1) is 23.3 Å². The van der Waals surface area contributed by atoms with Crippen molar-refractivity contribution in [1.82, 2.24) is 10.2 Å². The van der Waals surface area contributed by atoms with Gasteiger partial charge in [0.05, 0.1) is 13.2 Å². The Morgan fingerprint density at radius 1 is 0.583 bits per heavy atom. The summed E-state index contributed by atoms with van der Waals surface area (Å²) in [6.45, 7) is 13.7. The lowest BCUT2D eigenvalue weighted by atomic mass is 9.92. The minimum Gasteiger partial charge on any atom is -0.466 e. The summed E-state index contributed by atoms with van der Waals surface area (Å²) >= 11 is 0. The molecule has 0 amide bonds. The van der Waals surface area contributed by atoms with Gasteiger partial charge in [-0.2, -0.15) is 5.26 Å². The maximum absolute atomic E-state index is 12.5. The molecule has 0 atom stereocenters. The van der Waals surface area contributed by atoms with E-state index in [1.807, 2.05) is 36.5 Å². The summed E-state index contributed by atoms with van der Waals surface area (Å²) in [6.07, 6.45) is 34.3. The second-order valence-electron chi connectivity index (χ2n) is 17.1.